The topological polar surface area (TPSA) is 121 Å². The lowest BCUT2D eigenvalue weighted by Gasteiger charge is -2.45. The molecule has 10 heteroatoms. The fourth-order valence-corrected chi connectivity index (χ4v) is 8.13. The van der Waals surface area contributed by atoms with E-state index in [-0.39, 0.29) is 11.5 Å². The first kappa shape index (κ1) is 26.9. The molecule has 4 aliphatic heterocycles. The van der Waals surface area contributed by atoms with Gasteiger partial charge in [-0.25, -0.2) is 4.39 Å². The molecule has 7 rings (SSSR count). The van der Waals surface area contributed by atoms with Gasteiger partial charge in [0.25, 0.3) is 0 Å². The number of halogens is 1. The van der Waals surface area contributed by atoms with Gasteiger partial charge in [-0.2, -0.15) is 15.2 Å². The Morgan fingerprint density at radius 2 is 2.12 bits per heavy atom. The summed E-state index contributed by atoms with van der Waals surface area (Å²) in [4.78, 5) is 14.2. The van der Waals surface area contributed by atoms with Crippen LogP contribution in [0.5, 0.6) is 6.01 Å². The predicted molar refractivity (Wildman–Crippen MR) is 151 cm³/mol. The minimum absolute atomic E-state index is 0.281. The molecular formula is C31H39FN6O3. The van der Waals surface area contributed by atoms with E-state index in [1.807, 2.05) is 19.1 Å². The van der Waals surface area contributed by atoms with Crippen LogP contribution in [-0.2, 0) is 23.4 Å². The molecular weight excluding hydrogens is 523 g/mol. The van der Waals surface area contributed by atoms with Gasteiger partial charge >= 0.3 is 6.01 Å². The number of aromatic nitrogens is 2. The average molecular weight is 563 g/mol. The van der Waals surface area contributed by atoms with Crippen molar-refractivity contribution in [1.29, 1.82) is 5.26 Å². The van der Waals surface area contributed by atoms with E-state index in [1.54, 1.807) is 0 Å². The minimum Gasteiger partial charge on any atom is -0.461 e. The summed E-state index contributed by atoms with van der Waals surface area (Å²) >= 11 is 0. The SMILES string of the molecule is C[C@H]1CC[C@]2(Cc3nc(OC[C@@]45CCCN4C[C@H](F)C5)nc(N4CC[C@@](C)(O)C4)c3CO2)c2c1ccc(N)c2C#N. The van der Waals surface area contributed by atoms with Crippen molar-refractivity contribution < 1.29 is 19.0 Å². The molecule has 3 fully saturated rings. The number of fused-ring (bicyclic) bond motifs is 4. The molecule has 5 atom stereocenters. The Labute approximate surface area is 240 Å². The van der Waals surface area contributed by atoms with Crippen molar-refractivity contribution in [3.8, 4) is 12.1 Å². The molecule has 1 aromatic carbocycles. The van der Waals surface area contributed by atoms with Crippen molar-refractivity contribution in [2.24, 2.45) is 0 Å². The molecule has 0 saturated carbocycles. The quantitative estimate of drug-likeness (QED) is 0.537. The van der Waals surface area contributed by atoms with Gasteiger partial charge in [0.15, 0.2) is 0 Å². The van der Waals surface area contributed by atoms with Gasteiger partial charge < -0.3 is 25.2 Å². The van der Waals surface area contributed by atoms with E-state index in [0.717, 1.165) is 60.4 Å². The summed E-state index contributed by atoms with van der Waals surface area (Å²) in [7, 11) is 0. The number of nitrogen functional groups attached to an aromatic ring is 1. The smallest absolute Gasteiger partial charge is 0.318 e. The summed E-state index contributed by atoms with van der Waals surface area (Å²) in [5.74, 6) is 1.02. The van der Waals surface area contributed by atoms with E-state index in [1.165, 1.54) is 0 Å². The van der Waals surface area contributed by atoms with Crippen LogP contribution in [0.15, 0.2) is 12.1 Å². The number of alkyl halides is 1. The lowest BCUT2D eigenvalue weighted by Crippen LogP contribution is -2.44. The van der Waals surface area contributed by atoms with Crippen LogP contribution in [0.2, 0.25) is 0 Å². The van der Waals surface area contributed by atoms with Gasteiger partial charge in [0.1, 0.15) is 30.3 Å². The Bertz CT molecular complexity index is 1430. The standard InChI is InChI=1S/C31H39FN6O3/c1-19-6-8-31(26-21(19)4-5-24(34)22(26)14-33)13-25-23(16-41-31)27(37-11-9-29(2,39)17-37)36-28(35-25)40-18-30-7-3-10-38(30)15-20(32)12-30/h4-5,19-20,39H,3,6-13,15-18,34H2,1-2H3/t19-,20+,29+,30-,31-/m0/s1. The van der Waals surface area contributed by atoms with Gasteiger partial charge in [0.05, 0.1) is 29.0 Å². The maximum absolute atomic E-state index is 14.4. The first-order valence-electron chi connectivity index (χ1n) is 15.0. The normalized spacial score (nSPS) is 34.4. The van der Waals surface area contributed by atoms with Gasteiger partial charge in [0, 0.05) is 49.3 Å². The highest BCUT2D eigenvalue weighted by Gasteiger charge is 2.50. The molecule has 0 unspecified atom stereocenters. The first-order chi connectivity index (χ1) is 19.6. The molecule has 0 bridgehead atoms. The number of hydrogen-bond donors (Lipinski definition) is 2. The molecule has 41 heavy (non-hydrogen) atoms. The summed E-state index contributed by atoms with van der Waals surface area (Å²) in [6, 6.07) is 6.50. The number of nitrogens with two attached hydrogens (primary N) is 1. The molecule has 5 aliphatic rings. The molecule has 3 N–H and O–H groups in total. The van der Waals surface area contributed by atoms with E-state index in [4.69, 9.17) is 25.2 Å². The fourth-order valence-electron chi connectivity index (χ4n) is 8.13. The Kier molecular flexibility index (Phi) is 6.23. The summed E-state index contributed by atoms with van der Waals surface area (Å²) < 4.78 is 27.5. The van der Waals surface area contributed by atoms with Crippen molar-refractivity contribution in [3.05, 3.63) is 40.1 Å². The van der Waals surface area contributed by atoms with Crippen molar-refractivity contribution >= 4 is 11.5 Å². The van der Waals surface area contributed by atoms with Crippen molar-refractivity contribution in [2.45, 2.75) is 94.2 Å². The lowest BCUT2D eigenvalue weighted by atomic mass is 9.69. The molecule has 0 radical (unpaired) electrons. The van der Waals surface area contributed by atoms with E-state index >= 15 is 0 Å². The molecule has 5 heterocycles. The van der Waals surface area contributed by atoms with E-state index in [9.17, 15) is 14.8 Å². The van der Waals surface area contributed by atoms with Gasteiger partial charge in [0.2, 0.25) is 0 Å². The van der Waals surface area contributed by atoms with Crippen molar-refractivity contribution in [1.82, 2.24) is 14.9 Å². The summed E-state index contributed by atoms with van der Waals surface area (Å²) in [5.41, 5.74) is 9.15. The first-order valence-corrected chi connectivity index (χ1v) is 15.0. The van der Waals surface area contributed by atoms with Crippen LogP contribution in [0.4, 0.5) is 15.9 Å². The molecule has 1 aliphatic carbocycles. The second kappa shape index (κ2) is 9.51. The van der Waals surface area contributed by atoms with E-state index in [0.29, 0.717) is 69.3 Å². The number of ether oxygens (including phenoxy) is 2. The molecule has 218 valence electrons. The second-order valence-corrected chi connectivity index (χ2v) is 13.3. The summed E-state index contributed by atoms with van der Waals surface area (Å²) in [6.45, 7) is 7.14. The van der Waals surface area contributed by atoms with Crippen molar-refractivity contribution in [2.75, 3.05) is 43.4 Å². The number of nitriles is 1. The molecule has 3 saturated heterocycles. The molecule has 2 aromatic rings. The summed E-state index contributed by atoms with van der Waals surface area (Å²) in [6.07, 6.45) is 4.38. The number of benzene rings is 1. The van der Waals surface area contributed by atoms with E-state index < -0.39 is 17.4 Å². The highest BCUT2D eigenvalue weighted by atomic mass is 19.1. The van der Waals surface area contributed by atoms with Crippen LogP contribution in [0.1, 0.15) is 86.2 Å². The minimum atomic E-state index is -0.835. The van der Waals surface area contributed by atoms with Crippen molar-refractivity contribution in [3.63, 3.8) is 0 Å². The lowest BCUT2D eigenvalue weighted by molar-refractivity contribution is -0.0873. The van der Waals surface area contributed by atoms with Crippen LogP contribution in [-0.4, -0.2) is 70.1 Å². The zero-order chi connectivity index (χ0) is 28.6. The van der Waals surface area contributed by atoms with Crippen LogP contribution < -0.4 is 15.4 Å². The highest BCUT2D eigenvalue weighted by Crippen LogP contribution is 2.51. The monoisotopic (exact) mass is 562 g/mol. The van der Waals surface area contributed by atoms with Gasteiger partial charge in [-0.15, -0.1) is 0 Å². The number of rotatable bonds is 4. The number of β-amino-alcohol motifs (C(OH)–C–C–N with tert-alkyl or cyclic N) is 1. The average Bonchev–Trinajstić information content (AvgIpc) is 3.60. The van der Waals surface area contributed by atoms with Gasteiger partial charge in [-0.05, 0) is 63.1 Å². The number of aliphatic hydroxyl groups is 1. The number of nitrogens with zero attached hydrogens (tertiary/aromatic N) is 5. The van der Waals surface area contributed by atoms with Crippen LogP contribution in [0.25, 0.3) is 0 Å². The second-order valence-electron chi connectivity index (χ2n) is 13.3. The Morgan fingerprint density at radius 1 is 1.27 bits per heavy atom. The Hall–Kier alpha value is -3.00. The number of hydrogen-bond acceptors (Lipinski definition) is 9. The molecule has 0 amide bonds. The molecule has 1 aromatic heterocycles. The Morgan fingerprint density at radius 3 is 2.90 bits per heavy atom. The van der Waals surface area contributed by atoms with E-state index in [2.05, 4.69) is 22.8 Å². The predicted octanol–water partition coefficient (Wildman–Crippen LogP) is 3.71. The zero-order valence-electron chi connectivity index (χ0n) is 24.0. The van der Waals surface area contributed by atoms with Crippen LogP contribution in [0, 0.1) is 11.3 Å². The largest absolute Gasteiger partial charge is 0.461 e. The third-order valence-electron chi connectivity index (χ3n) is 10.3. The van der Waals surface area contributed by atoms with Gasteiger partial charge in [-0.3, -0.25) is 4.90 Å². The van der Waals surface area contributed by atoms with Crippen LogP contribution in [0.3, 0.4) is 0 Å². The maximum Gasteiger partial charge on any atom is 0.318 e. The third-order valence-corrected chi connectivity index (χ3v) is 10.3. The van der Waals surface area contributed by atoms with Gasteiger partial charge in [-0.1, -0.05) is 13.0 Å². The third kappa shape index (κ3) is 4.36. The Balaban J connectivity index is 1.28. The highest BCUT2D eigenvalue weighted by molar-refractivity contribution is 5.64. The fraction of sp³-hybridized carbons (Fsp3) is 0.645. The molecule has 1 spiro atoms. The van der Waals surface area contributed by atoms with Crippen LogP contribution >= 0.6 is 0 Å². The summed E-state index contributed by atoms with van der Waals surface area (Å²) in [5, 5.41) is 20.9. The number of anilines is 2. The molecule has 9 nitrogen and oxygen atoms in total. The zero-order valence-corrected chi connectivity index (χ0v) is 24.0. The maximum atomic E-state index is 14.4.